The second-order valence-electron chi connectivity index (χ2n) is 5.03. The number of halogens is 1. The molecule has 1 aromatic carbocycles. The van der Waals surface area contributed by atoms with E-state index >= 15 is 0 Å². The van der Waals surface area contributed by atoms with Crippen LogP contribution in [0.5, 0.6) is 0 Å². The van der Waals surface area contributed by atoms with Crippen LogP contribution in [0.25, 0.3) is 0 Å². The maximum Gasteiger partial charge on any atom is 0.334 e. The molecule has 1 atom stereocenters. The summed E-state index contributed by atoms with van der Waals surface area (Å²) in [5.41, 5.74) is -0.375. The van der Waals surface area contributed by atoms with Crippen molar-refractivity contribution in [3.8, 4) is 0 Å². The fraction of sp³-hybridized carbons (Fsp3) is 0.533. The van der Waals surface area contributed by atoms with Gasteiger partial charge in [-0.05, 0) is 43.9 Å². The van der Waals surface area contributed by atoms with Crippen molar-refractivity contribution >= 4 is 11.7 Å². The van der Waals surface area contributed by atoms with Gasteiger partial charge in [-0.2, -0.15) is 0 Å². The molecule has 0 heterocycles. The van der Waals surface area contributed by atoms with E-state index < -0.39 is 5.54 Å². The standard InChI is InChI=1S/C15H20FNO3/c1-3-20-14(18)15(10-19-2,11-7-8-11)17-13-6-4-5-12(16)9-13/h4-6,9,11,17H,3,7-8,10H2,1-2H3. The maximum absolute atomic E-state index is 13.3. The van der Waals surface area contributed by atoms with Crippen molar-refractivity contribution in [3.63, 3.8) is 0 Å². The van der Waals surface area contributed by atoms with E-state index in [4.69, 9.17) is 9.47 Å². The average Bonchev–Trinajstić information content (AvgIpc) is 3.23. The van der Waals surface area contributed by atoms with Crippen LogP contribution in [0.15, 0.2) is 24.3 Å². The molecule has 1 aromatic rings. The second kappa shape index (κ2) is 6.22. The Morgan fingerprint density at radius 1 is 1.50 bits per heavy atom. The minimum absolute atomic E-state index is 0.157. The number of methoxy groups -OCH3 is 1. The highest BCUT2D eigenvalue weighted by molar-refractivity contribution is 5.86. The van der Waals surface area contributed by atoms with E-state index in [9.17, 15) is 9.18 Å². The predicted molar refractivity (Wildman–Crippen MR) is 74.0 cm³/mol. The van der Waals surface area contributed by atoms with Crippen molar-refractivity contribution in [2.45, 2.75) is 25.3 Å². The molecule has 0 aromatic heterocycles. The predicted octanol–water partition coefficient (Wildman–Crippen LogP) is 2.60. The Morgan fingerprint density at radius 3 is 2.80 bits per heavy atom. The molecule has 0 amide bonds. The fourth-order valence-corrected chi connectivity index (χ4v) is 2.42. The number of nitrogens with one attached hydrogen (secondary N) is 1. The Balaban J connectivity index is 2.27. The third kappa shape index (κ3) is 3.10. The molecule has 1 aliphatic rings. The third-order valence-electron chi connectivity index (χ3n) is 3.48. The lowest BCUT2D eigenvalue weighted by Gasteiger charge is -2.33. The fourth-order valence-electron chi connectivity index (χ4n) is 2.42. The second-order valence-corrected chi connectivity index (χ2v) is 5.03. The highest BCUT2D eigenvalue weighted by Gasteiger charge is 2.52. The van der Waals surface area contributed by atoms with E-state index in [0.29, 0.717) is 12.3 Å². The van der Waals surface area contributed by atoms with Crippen molar-refractivity contribution in [1.29, 1.82) is 0 Å². The van der Waals surface area contributed by atoms with Gasteiger partial charge in [0.2, 0.25) is 0 Å². The highest BCUT2D eigenvalue weighted by Crippen LogP contribution is 2.42. The molecule has 110 valence electrons. The smallest absolute Gasteiger partial charge is 0.334 e. The lowest BCUT2D eigenvalue weighted by atomic mass is 9.93. The molecule has 1 fully saturated rings. The number of esters is 1. The molecule has 0 saturated heterocycles. The van der Waals surface area contributed by atoms with Gasteiger partial charge < -0.3 is 14.8 Å². The maximum atomic E-state index is 13.3. The van der Waals surface area contributed by atoms with Crippen LogP contribution >= 0.6 is 0 Å². The van der Waals surface area contributed by atoms with Gasteiger partial charge in [0.15, 0.2) is 5.54 Å². The molecule has 4 nitrogen and oxygen atoms in total. The van der Waals surface area contributed by atoms with Crippen LogP contribution in [0.4, 0.5) is 10.1 Å². The molecule has 1 aliphatic carbocycles. The van der Waals surface area contributed by atoms with Gasteiger partial charge in [-0.1, -0.05) is 6.07 Å². The molecular weight excluding hydrogens is 261 g/mol. The Morgan fingerprint density at radius 2 is 2.25 bits per heavy atom. The number of hydrogen-bond acceptors (Lipinski definition) is 4. The molecule has 0 spiro atoms. The average molecular weight is 281 g/mol. The van der Waals surface area contributed by atoms with Crippen LogP contribution in [0, 0.1) is 11.7 Å². The molecule has 0 aliphatic heterocycles. The quantitative estimate of drug-likeness (QED) is 0.780. The van der Waals surface area contributed by atoms with Crippen molar-refractivity contribution in [3.05, 3.63) is 30.1 Å². The summed E-state index contributed by atoms with van der Waals surface area (Å²) in [6.07, 6.45) is 1.87. The lowest BCUT2D eigenvalue weighted by molar-refractivity contribution is -0.151. The molecule has 0 bridgehead atoms. The topological polar surface area (TPSA) is 47.6 Å². The van der Waals surface area contributed by atoms with Gasteiger partial charge in [0.1, 0.15) is 5.82 Å². The summed E-state index contributed by atoms with van der Waals surface area (Å²) < 4.78 is 23.7. The summed E-state index contributed by atoms with van der Waals surface area (Å²) in [7, 11) is 1.55. The third-order valence-corrected chi connectivity index (χ3v) is 3.48. The summed E-state index contributed by atoms with van der Waals surface area (Å²) >= 11 is 0. The van der Waals surface area contributed by atoms with Gasteiger partial charge in [0.05, 0.1) is 13.2 Å². The van der Waals surface area contributed by atoms with E-state index in [-0.39, 0.29) is 24.3 Å². The Bertz CT molecular complexity index is 476. The number of carbonyl (C=O) groups excluding carboxylic acids is 1. The number of carbonyl (C=O) groups is 1. The number of anilines is 1. The first kappa shape index (κ1) is 14.8. The number of ether oxygens (including phenoxy) is 2. The summed E-state index contributed by atoms with van der Waals surface area (Å²) in [6.45, 7) is 2.28. The Hall–Kier alpha value is -1.62. The monoisotopic (exact) mass is 281 g/mol. The highest BCUT2D eigenvalue weighted by atomic mass is 19.1. The normalized spacial score (nSPS) is 17.4. The Kier molecular flexibility index (Phi) is 4.60. The van der Waals surface area contributed by atoms with E-state index in [1.54, 1.807) is 26.2 Å². The van der Waals surface area contributed by atoms with Crippen molar-refractivity contribution in [1.82, 2.24) is 0 Å². The van der Waals surface area contributed by atoms with Gasteiger partial charge in [-0.15, -0.1) is 0 Å². The SMILES string of the molecule is CCOC(=O)C(COC)(Nc1cccc(F)c1)C1CC1. The molecule has 1 unspecified atom stereocenters. The summed E-state index contributed by atoms with van der Waals surface area (Å²) in [5.74, 6) is -0.528. The van der Waals surface area contributed by atoms with Crippen LogP contribution in [-0.4, -0.2) is 31.8 Å². The molecular formula is C15H20FNO3. The molecule has 20 heavy (non-hydrogen) atoms. The number of benzene rings is 1. The summed E-state index contributed by atoms with van der Waals surface area (Å²) in [6, 6.07) is 6.07. The van der Waals surface area contributed by atoms with Crippen molar-refractivity contribution in [2.75, 3.05) is 25.6 Å². The van der Waals surface area contributed by atoms with Gasteiger partial charge in [-0.25, -0.2) is 9.18 Å². The van der Waals surface area contributed by atoms with Crippen LogP contribution < -0.4 is 5.32 Å². The number of hydrogen-bond donors (Lipinski definition) is 1. The molecule has 5 heteroatoms. The molecule has 2 rings (SSSR count). The number of rotatable bonds is 7. The minimum Gasteiger partial charge on any atom is -0.464 e. The molecule has 0 radical (unpaired) electrons. The summed E-state index contributed by atoms with van der Waals surface area (Å²) in [4.78, 5) is 12.4. The van der Waals surface area contributed by atoms with Gasteiger partial charge in [0, 0.05) is 12.8 Å². The van der Waals surface area contributed by atoms with Gasteiger partial charge in [-0.3, -0.25) is 0 Å². The van der Waals surface area contributed by atoms with Crippen LogP contribution in [-0.2, 0) is 14.3 Å². The van der Waals surface area contributed by atoms with Crippen LogP contribution in [0.1, 0.15) is 19.8 Å². The first-order chi connectivity index (χ1) is 9.62. The van der Waals surface area contributed by atoms with Gasteiger partial charge in [0.25, 0.3) is 0 Å². The summed E-state index contributed by atoms with van der Waals surface area (Å²) in [5, 5.41) is 3.14. The Labute approximate surface area is 118 Å². The molecule has 1 N–H and O–H groups in total. The minimum atomic E-state index is -0.932. The van der Waals surface area contributed by atoms with Crippen LogP contribution in [0.3, 0.4) is 0 Å². The largest absolute Gasteiger partial charge is 0.464 e. The van der Waals surface area contributed by atoms with E-state index in [0.717, 1.165) is 12.8 Å². The van der Waals surface area contributed by atoms with Crippen LogP contribution in [0.2, 0.25) is 0 Å². The zero-order valence-corrected chi connectivity index (χ0v) is 11.8. The zero-order valence-electron chi connectivity index (χ0n) is 11.8. The van der Waals surface area contributed by atoms with Crippen molar-refractivity contribution in [2.24, 2.45) is 5.92 Å². The van der Waals surface area contributed by atoms with E-state index in [2.05, 4.69) is 5.32 Å². The van der Waals surface area contributed by atoms with Gasteiger partial charge >= 0.3 is 5.97 Å². The first-order valence-corrected chi connectivity index (χ1v) is 6.82. The molecule has 1 saturated carbocycles. The van der Waals surface area contributed by atoms with E-state index in [1.807, 2.05) is 0 Å². The van der Waals surface area contributed by atoms with E-state index in [1.165, 1.54) is 12.1 Å². The first-order valence-electron chi connectivity index (χ1n) is 6.82. The van der Waals surface area contributed by atoms with Crippen molar-refractivity contribution < 1.29 is 18.7 Å². The lowest BCUT2D eigenvalue weighted by Crippen LogP contribution is -2.53. The zero-order chi connectivity index (χ0) is 14.6.